The van der Waals surface area contributed by atoms with Gasteiger partial charge in [0.25, 0.3) is 5.56 Å². The van der Waals surface area contributed by atoms with Crippen molar-refractivity contribution in [3.63, 3.8) is 0 Å². The van der Waals surface area contributed by atoms with Crippen LogP contribution in [0.1, 0.15) is 42.1 Å². The van der Waals surface area contributed by atoms with E-state index in [0.717, 1.165) is 19.3 Å². The van der Waals surface area contributed by atoms with Crippen LogP contribution in [0.3, 0.4) is 0 Å². The number of aromatic carboxylic acids is 1. The molecular formula is C16H19NO4. The summed E-state index contributed by atoms with van der Waals surface area (Å²) in [5.41, 5.74) is 0.431. The molecular weight excluding hydrogens is 270 g/mol. The minimum absolute atomic E-state index is 0.178. The fourth-order valence-electron chi connectivity index (χ4n) is 2.59. The highest BCUT2D eigenvalue weighted by molar-refractivity contribution is 5.98. The number of hydrogen-bond donors (Lipinski definition) is 2. The molecule has 1 heterocycles. The number of aromatic amines is 1. The largest absolute Gasteiger partial charge is 0.496 e. The average Bonchev–Trinajstić information content (AvgIpc) is 2.45. The van der Waals surface area contributed by atoms with E-state index in [1.54, 1.807) is 18.2 Å². The third-order valence-corrected chi connectivity index (χ3v) is 3.57. The van der Waals surface area contributed by atoms with Crippen LogP contribution in [0.5, 0.6) is 5.75 Å². The Morgan fingerprint density at radius 1 is 1.33 bits per heavy atom. The van der Waals surface area contributed by atoms with Crippen LogP contribution < -0.4 is 10.3 Å². The minimum atomic E-state index is -1.20. The number of aromatic nitrogens is 1. The van der Waals surface area contributed by atoms with Crippen molar-refractivity contribution in [2.75, 3.05) is 7.11 Å². The second-order valence-corrected chi connectivity index (χ2v) is 4.95. The molecule has 0 radical (unpaired) electrons. The van der Waals surface area contributed by atoms with Gasteiger partial charge in [-0.15, -0.1) is 0 Å². The quantitative estimate of drug-likeness (QED) is 0.801. The molecule has 0 bridgehead atoms. The van der Waals surface area contributed by atoms with Crippen molar-refractivity contribution < 1.29 is 14.6 Å². The highest BCUT2D eigenvalue weighted by Crippen LogP contribution is 2.29. The first-order valence-electron chi connectivity index (χ1n) is 7.05. The number of unbranched alkanes of at least 4 members (excludes halogenated alkanes) is 2. The summed E-state index contributed by atoms with van der Waals surface area (Å²) in [5.74, 6) is -0.617. The van der Waals surface area contributed by atoms with E-state index < -0.39 is 11.5 Å². The number of aryl methyl sites for hydroxylation is 1. The molecule has 21 heavy (non-hydrogen) atoms. The summed E-state index contributed by atoms with van der Waals surface area (Å²) in [7, 11) is 1.54. The molecule has 1 aromatic heterocycles. The molecule has 0 saturated carbocycles. The van der Waals surface area contributed by atoms with Gasteiger partial charge in [-0.25, -0.2) is 4.79 Å². The number of carbonyl (C=O) groups is 1. The third-order valence-electron chi connectivity index (χ3n) is 3.57. The van der Waals surface area contributed by atoms with Crippen molar-refractivity contribution in [1.29, 1.82) is 0 Å². The molecule has 2 N–H and O–H groups in total. The van der Waals surface area contributed by atoms with Crippen LogP contribution in [0.2, 0.25) is 0 Å². The Hall–Kier alpha value is -2.30. The lowest BCUT2D eigenvalue weighted by Gasteiger charge is -2.13. The molecule has 0 aliphatic carbocycles. The maximum Gasteiger partial charge on any atom is 0.341 e. The summed E-state index contributed by atoms with van der Waals surface area (Å²) in [6, 6.07) is 5.30. The Kier molecular flexibility index (Phi) is 4.62. The number of carboxylic acid groups (broad SMARTS) is 1. The molecule has 2 rings (SSSR count). The zero-order chi connectivity index (χ0) is 15.4. The van der Waals surface area contributed by atoms with Crippen molar-refractivity contribution in [3.05, 3.63) is 39.7 Å². The Labute approximate surface area is 122 Å². The number of hydrogen-bond acceptors (Lipinski definition) is 3. The second-order valence-electron chi connectivity index (χ2n) is 4.95. The first-order valence-corrected chi connectivity index (χ1v) is 7.05. The lowest BCUT2D eigenvalue weighted by Crippen LogP contribution is -2.21. The van der Waals surface area contributed by atoms with Crippen LogP contribution in [-0.2, 0) is 6.42 Å². The van der Waals surface area contributed by atoms with Crippen LogP contribution >= 0.6 is 0 Å². The molecule has 2 aromatic rings. The second kappa shape index (κ2) is 6.43. The maximum atomic E-state index is 12.1. The number of fused-ring (bicyclic) bond motifs is 1. The zero-order valence-corrected chi connectivity index (χ0v) is 12.2. The van der Waals surface area contributed by atoms with Crippen LogP contribution in [-0.4, -0.2) is 23.2 Å². The van der Waals surface area contributed by atoms with E-state index in [1.165, 1.54) is 7.11 Å². The van der Waals surface area contributed by atoms with Crippen molar-refractivity contribution in [2.45, 2.75) is 32.6 Å². The van der Waals surface area contributed by atoms with Gasteiger partial charge >= 0.3 is 5.97 Å². The predicted molar refractivity (Wildman–Crippen MR) is 81.3 cm³/mol. The predicted octanol–water partition coefficient (Wildman–Crippen LogP) is 2.97. The summed E-state index contributed by atoms with van der Waals surface area (Å²) < 4.78 is 5.33. The normalized spacial score (nSPS) is 10.8. The lowest BCUT2D eigenvalue weighted by atomic mass is 9.97. The van der Waals surface area contributed by atoms with Gasteiger partial charge in [-0.3, -0.25) is 4.79 Å². The van der Waals surface area contributed by atoms with Gasteiger partial charge in [0.05, 0.1) is 12.6 Å². The van der Waals surface area contributed by atoms with E-state index in [1.807, 2.05) is 0 Å². The summed E-state index contributed by atoms with van der Waals surface area (Å²) in [6.07, 6.45) is 3.41. The van der Waals surface area contributed by atoms with Gasteiger partial charge in [-0.05, 0) is 30.5 Å². The monoisotopic (exact) mass is 289 g/mol. The van der Waals surface area contributed by atoms with Crippen LogP contribution in [0.15, 0.2) is 23.0 Å². The molecule has 0 amide bonds. The van der Waals surface area contributed by atoms with E-state index in [0.29, 0.717) is 28.6 Å². The lowest BCUT2D eigenvalue weighted by molar-refractivity contribution is 0.0694. The van der Waals surface area contributed by atoms with E-state index in [-0.39, 0.29) is 5.56 Å². The van der Waals surface area contributed by atoms with Gasteiger partial charge in [0.15, 0.2) is 0 Å². The smallest absolute Gasteiger partial charge is 0.341 e. The molecule has 0 spiro atoms. The van der Waals surface area contributed by atoms with E-state index in [4.69, 9.17) is 4.74 Å². The summed E-state index contributed by atoms with van der Waals surface area (Å²) in [6.45, 7) is 2.08. The number of nitrogens with one attached hydrogen (secondary N) is 1. The zero-order valence-electron chi connectivity index (χ0n) is 12.2. The van der Waals surface area contributed by atoms with Gasteiger partial charge in [0.2, 0.25) is 0 Å². The summed E-state index contributed by atoms with van der Waals surface area (Å²) >= 11 is 0. The first kappa shape index (κ1) is 15.1. The van der Waals surface area contributed by atoms with Crippen LogP contribution in [0.25, 0.3) is 10.9 Å². The van der Waals surface area contributed by atoms with Crippen molar-refractivity contribution >= 4 is 16.9 Å². The topological polar surface area (TPSA) is 79.4 Å². The molecule has 1 aromatic carbocycles. The molecule has 0 unspecified atom stereocenters. The fraction of sp³-hybridized carbons (Fsp3) is 0.375. The molecule has 0 saturated heterocycles. The highest BCUT2D eigenvalue weighted by atomic mass is 16.5. The standard InChI is InChI=1S/C16H19NO4/c1-3-4-5-7-10-13-11(8-6-9-12(13)21-2)17-15(18)14(10)16(19)20/h6,8-9H,3-5,7H2,1-2H3,(H,17,18)(H,19,20). The van der Waals surface area contributed by atoms with Crippen molar-refractivity contribution in [1.82, 2.24) is 4.98 Å². The van der Waals surface area contributed by atoms with E-state index in [9.17, 15) is 14.7 Å². The first-order chi connectivity index (χ1) is 10.1. The van der Waals surface area contributed by atoms with Gasteiger partial charge < -0.3 is 14.8 Å². The van der Waals surface area contributed by atoms with Gasteiger partial charge in [0, 0.05) is 5.39 Å². The van der Waals surface area contributed by atoms with Crippen molar-refractivity contribution in [3.8, 4) is 5.75 Å². The van der Waals surface area contributed by atoms with Gasteiger partial charge in [-0.2, -0.15) is 0 Å². The van der Waals surface area contributed by atoms with Crippen molar-refractivity contribution in [2.24, 2.45) is 0 Å². The highest BCUT2D eigenvalue weighted by Gasteiger charge is 2.20. The molecule has 5 heteroatoms. The molecule has 112 valence electrons. The maximum absolute atomic E-state index is 12.1. The molecule has 0 atom stereocenters. The van der Waals surface area contributed by atoms with E-state index in [2.05, 4.69) is 11.9 Å². The minimum Gasteiger partial charge on any atom is -0.496 e. The van der Waals surface area contributed by atoms with Crippen LogP contribution in [0.4, 0.5) is 0 Å². The van der Waals surface area contributed by atoms with Crippen LogP contribution in [0, 0.1) is 0 Å². The number of rotatable bonds is 6. The van der Waals surface area contributed by atoms with Gasteiger partial charge in [0.1, 0.15) is 11.3 Å². The SMILES string of the molecule is CCCCCc1c(C(=O)O)c(=O)[nH]c2cccc(OC)c12. The fourth-order valence-corrected chi connectivity index (χ4v) is 2.59. The number of benzene rings is 1. The number of H-pyrrole nitrogens is 1. The Balaban J connectivity index is 2.74. The molecule has 0 aliphatic rings. The Bertz CT molecular complexity index is 718. The summed E-state index contributed by atoms with van der Waals surface area (Å²) in [5, 5.41) is 10.1. The number of methoxy groups -OCH3 is 1. The van der Waals surface area contributed by atoms with Gasteiger partial charge in [-0.1, -0.05) is 25.8 Å². The summed E-state index contributed by atoms with van der Waals surface area (Å²) in [4.78, 5) is 26.1. The number of carboxylic acids is 1. The Morgan fingerprint density at radius 2 is 2.10 bits per heavy atom. The molecule has 5 nitrogen and oxygen atoms in total. The number of ether oxygens (including phenoxy) is 1. The Morgan fingerprint density at radius 3 is 2.71 bits per heavy atom. The molecule has 0 fully saturated rings. The molecule has 0 aliphatic heterocycles. The third kappa shape index (κ3) is 2.91. The number of pyridine rings is 1. The van der Waals surface area contributed by atoms with E-state index >= 15 is 0 Å². The average molecular weight is 289 g/mol.